The number of amides is 1. The van der Waals surface area contributed by atoms with Crippen molar-refractivity contribution >= 4 is 5.91 Å². The molecule has 1 N–H and O–H groups in total. The van der Waals surface area contributed by atoms with E-state index < -0.39 is 0 Å². The van der Waals surface area contributed by atoms with Gasteiger partial charge in [-0.15, -0.1) is 0 Å². The first kappa shape index (κ1) is 11.8. The molecule has 92 valence electrons. The minimum absolute atomic E-state index is 0.0406. The van der Waals surface area contributed by atoms with Gasteiger partial charge in [0.05, 0.1) is 6.04 Å². The molecule has 1 aromatic rings. The molecule has 0 aliphatic carbocycles. The predicted molar refractivity (Wildman–Crippen MR) is 63.6 cm³/mol. The maximum atomic E-state index is 11.6. The van der Waals surface area contributed by atoms with E-state index in [-0.39, 0.29) is 17.5 Å². The largest absolute Gasteiger partial charge is 0.333 e. The lowest BCUT2D eigenvalue weighted by Gasteiger charge is -2.34. The van der Waals surface area contributed by atoms with Crippen molar-refractivity contribution in [1.82, 2.24) is 14.9 Å². The Balaban J connectivity index is 2.35. The average molecular weight is 235 g/mol. The van der Waals surface area contributed by atoms with Gasteiger partial charge in [0.1, 0.15) is 5.82 Å². The quantitative estimate of drug-likeness (QED) is 0.794. The van der Waals surface area contributed by atoms with Gasteiger partial charge in [-0.2, -0.15) is 0 Å². The van der Waals surface area contributed by atoms with Gasteiger partial charge in [0, 0.05) is 25.2 Å². The van der Waals surface area contributed by atoms with Crippen LogP contribution in [0.5, 0.6) is 0 Å². The molecule has 0 bridgehead atoms. The van der Waals surface area contributed by atoms with Crippen molar-refractivity contribution in [2.75, 3.05) is 6.54 Å². The summed E-state index contributed by atoms with van der Waals surface area (Å²) in [6.07, 6.45) is 2.95. The van der Waals surface area contributed by atoms with Crippen molar-refractivity contribution in [3.63, 3.8) is 0 Å². The Hall–Kier alpha value is -1.65. The number of nitrogens with one attached hydrogen (secondary N) is 1. The molecular formula is C12H17N3O2. The summed E-state index contributed by atoms with van der Waals surface area (Å²) in [7, 11) is 0. The van der Waals surface area contributed by atoms with E-state index in [1.54, 1.807) is 18.7 Å². The van der Waals surface area contributed by atoms with E-state index in [9.17, 15) is 9.59 Å². The summed E-state index contributed by atoms with van der Waals surface area (Å²) in [5.74, 6) is 0.656. The standard InChI is InChI=1S/C12H17N3O2/c1-8-7-11(17)14-12(13-8)10-5-3-4-6-15(10)9(2)16/h7,10H,3-6H2,1-2H3,(H,13,14,17)/t10-/m0/s1. The fraction of sp³-hybridized carbons (Fsp3) is 0.583. The van der Waals surface area contributed by atoms with Crippen LogP contribution < -0.4 is 5.56 Å². The lowest BCUT2D eigenvalue weighted by atomic mass is 10.0. The summed E-state index contributed by atoms with van der Waals surface area (Å²) < 4.78 is 0. The summed E-state index contributed by atoms with van der Waals surface area (Å²) in [4.78, 5) is 31.9. The van der Waals surface area contributed by atoms with E-state index in [1.165, 1.54) is 6.07 Å². The van der Waals surface area contributed by atoms with Gasteiger partial charge < -0.3 is 9.88 Å². The second kappa shape index (κ2) is 4.69. The first-order valence-corrected chi connectivity index (χ1v) is 5.93. The van der Waals surface area contributed by atoms with Crippen LogP contribution in [0.15, 0.2) is 10.9 Å². The fourth-order valence-electron chi connectivity index (χ4n) is 2.35. The van der Waals surface area contributed by atoms with Crippen molar-refractivity contribution in [1.29, 1.82) is 0 Å². The summed E-state index contributed by atoms with van der Waals surface area (Å²) in [5, 5.41) is 0. The second-order valence-electron chi connectivity index (χ2n) is 4.50. The maximum Gasteiger partial charge on any atom is 0.251 e. The van der Waals surface area contributed by atoms with E-state index in [0.29, 0.717) is 11.5 Å². The first-order chi connectivity index (χ1) is 8.08. The molecule has 0 aromatic carbocycles. The molecule has 0 radical (unpaired) electrons. The molecule has 1 amide bonds. The number of likely N-dealkylation sites (tertiary alicyclic amines) is 1. The fourth-order valence-corrected chi connectivity index (χ4v) is 2.35. The molecule has 0 unspecified atom stereocenters. The first-order valence-electron chi connectivity index (χ1n) is 5.93. The minimum atomic E-state index is -0.151. The number of nitrogens with zero attached hydrogens (tertiary/aromatic N) is 2. The topological polar surface area (TPSA) is 66.1 Å². The van der Waals surface area contributed by atoms with E-state index in [2.05, 4.69) is 9.97 Å². The normalized spacial score (nSPS) is 20.4. The zero-order valence-corrected chi connectivity index (χ0v) is 10.2. The SMILES string of the molecule is CC(=O)N1CCCC[C@H]1c1nc(C)cc(=O)[nH]1. The lowest BCUT2D eigenvalue weighted by molar-refractivity contribution is -0.132. The molecule has 1 aromatic heterocycles. The van der Waals surface area contributed by atoms with E-state index in [1.807, 2.05) is 0 Å². The molecule has 5 heteroatoms. The summed E-state index contributed by atoms with van der Waals surface area (Å²) in [5.41, 5.74) is 0.541. The summed E-state index contributed by atoms with van der Waals surface area (Å²) in [6, 6.07) is 1.39. The Bertz CT molecular complexity index is 481. The van der Waals surface area contributed by atoms with Crippen LogP contribution in [0.1, 0.15) is 43.7 Å². The zero-order valence-electron chi connectivity index (χ0n) is 10.2. The third-order valence-electron chi connectivity index (χ3n) is 3.11. The minimum Gasteiger partial charge on any atom is -0.333 e. The van der Waals surface area contributed by atoms with E-state index in [0.717, 1.165) is 25.8 Å². The molecule has 17 heavy (non-hydrogen) atoms. The van der Waals surface area contributed by atoms with Crippen LogP contribution in [0, 0.1) is 6.92 Å². The van der Waals surface area contributed by atoms with Gasteiger partial charge in [-0.25, -0.2) is 4.98 Å². The predicted octanol–water partition coefficient (Wildman–Crippen LogP) is 1.15. The number of aromatic nitrogens is 2. The number of hydrogen-bond acceptors (Lipinski definition) is 3. The summed E-state index contributed by atoms with van der Waals surface area (Å²) in [6.45, 7) is 4.10. The van der Waals surface area contributed by atoms with Gasteiger partial charge in [-0.05, 0) is 26.2 Å². The molecule has 2 heterocycles. The Morgan fingerprint density at radius 3 is 2.94 bits per heavy atom. The third kappa shape index (κ3) is 2.54. The average Bonchev–Trinajstić information content (AvgIpc) is 2.27. The van der Waals surface area contributed by atoms with Crippen molar-refractivity contribution < 1.29 is 4.79 Å². The van der Waals surface area contributed by atoms with E-state index in [4.69, 9.17) is 0 Å². The molecule has 0 spiro atoms. The number of carbonyl (C=O) groups is 1. The molecule has 1 fully saturated rings. The highest BCUT2D eigenvalue weighted by molar-refractivity contribution is 5.73. The van der Waals surface area contributed by atoms with Crippen molar-refractivity contribution in [3.05, 3.63) is 27.9 Å². The highest BCUT2D eigenvalue weighted by Gasteiger charge is 2.27. The number of aryl methyl sites for hydroxylation is 1. The Morgan fingerprint density at radius 2 is 2.29 bits per heavy atom. The smallest absolute Gasteiger partial charge is 0.251 e. The summed E-state index contributed by atoms with van der Waals surface area (Å²) >= 11 is 0. The van der Waals surface area contributed by atoms with Crippen LogP contribution in [-0.2, 0) is 4.79 Å². The van der Waals surface area contributed by atoms with Crippen LogP contribution in [0.2, 0.25) is 0 Å². The van der Waals surface area contributed by atoms with Gasteiger partial charge in [0.25, 0.3) is 5.56 Å². The Kier molecular flexibility index (Phi) is 3.26. The number of carbonyl (C=O) groups excluding carboxylic acids is 1. The number of aromatic amines is 1. The number of H-pyrrole nitrogens is 1. The lowest BCUT2D eigenvalue weighted by Crippen LogP contribution is -2.38. The Labute approximate surface area is 99.9 Å². The van der Waals surface area contributed by atoms with Gasteiger partial charge in [-0.1, -0.05) is 0 Å². The van der Waals surface area contributed by atoms with Crippen LogP contribution >= 0.6 is 0 Å². The van der Waals surface area contributed by atoms with Crippen molar-refractivity contribution in [2.45, 2.75) is 39.2 Å². The van der Waals surface area contributed by atoms with Crippen LogP contribution in [-0.4, -0.2) is 27.3 Å². The van der Waals surface area contributed by atoms with Gasteiger partial charge in [0.15, 0.2) is 0 Å². The molecule has 2 rings (SSSR count). The van der Waals surface area contributed by atoms with Crippen molar-refractivity contribution in [2.24, 2.45) is 0 Å². The molecular weight excluding hydrogens is 218 g/mol. The molecule has 1 aliphatic rings. The molecule has 1 saturated heterocycles. The molecule has 5 nitrogen and oxygen atoms in total. The Morgan fingerprint density at radius 1 is 1.53 bits per heavy atom. The zero-order chi connectivity index (χ0) is 12.4. The van der Waals surface area contributed by atoms with Gasteiger partial charge in [0.2, 0.25) is 5.91 Å². The molecule has 0 saturated carbocycles. The molecule has 1 atom stereocenters. The van der Waals surface area contributed by atoms with Crippen LogP contribution in [0.4, 0.5) is 0 Å². The third-order valence-corrected chi connectivity index (χ3v) is 3.11. The second-order valence-corrected chi connectivity index (χ2v) is 4.50. The maximum absolute atomic E-state index is 11.6. The molecule has 1 aliphatic heterocycles. The van der Waals surface area contributed by atoms with E-state index >= 15 is 0 Å². The highest BCUT2D eigenvalue weighted by atomic mass is 16.2. The number of hydrogen-bond donors (Lipinski definition) is 1. The van der Waals surface area contributed by atoms with Gasteiger partial charge >= 0.3 is 0 Å². The van der Waals surface area contributed by atoms with Crippen molar-refractivity contribution in [3.8, 4) is 0 Å². The van der Waals surface area contributed by atoms with Crippen LogP contribution in [0.25, 0.3) is 0 Å². The van der Waals surface area contributed by atoms with Crippen LogP contribution in [0.3, 0.4) is 0 Å². The number of rotatable bonds is 1. The van der Waals surface area contributed by atoms with Gasteiger partial charge in [-0.3, -0.25) is 9.59 Å². The monoisotopic (exact) mass is 235 g/mol. The highest BCUT2D eigenvalue weighted by Crippen LogP contribution is 2.28. The number of piperidine rings is 1.